The van der Waals surface area contributed by atoms with E-state index in [4.69, 9.17) is 4.98 Å². The number of para-hydroxylation sites is 2. The maximum atomic E-state index is 4.75. The molecule has 0 atom stereocenters. The van der Waals surface area contributed by atoms with Gasteiger partial charge in [-0.2, -0.15) is 0 Å². The van der Waals surface area contributed by atoms with Crippen molar-refractivity contribution in [1.29, 1.82) is 0 Å². The predicted octanol–water partition coefficient (Wildman–Crippen LogP) is 4.56. The zero-order valence-corrected chi connectivity index (χ0v) is 15.1. The molecule has 0 bridgehead atoms. The summed E-state index contributed by atoms with van der Waals surface area (Å²) in [6.07, 6.45) is 3.62. The molecule has 0 saturated heterocycles. The highest BCUT2D eigenvalue weighted by Crippen LogP contribution is 2.34. The Hall–Kier alpha value is -3.67. The van der Waals surface area contributed by atoms with E-state index < -0.39 is 0 Å². The summed E-state index contributed by atoms with van der Waals surface area (Å²) in [4.78, 5) is 17.1. The highest BCUT2D eigenvalue weighted by Gasteiger charge is 2.17. The first kappa shape index (κ1) is 15.6. The van der Waals surface area contributed by atoms with Gasteiger partial charge in [0.1, 0.15) is 23.6 Å². The molecule has 0 saturated carbocycles. The van der Waals surface area contributed by atoms with Gasteiger partial charge < -0.3 is 14.9 Å². The number of nitrogens with one attached hydrogen (secondary N) is 2. The fourth-order valence-electron chi connectivity index (χ4n) is 3.34. The largest absolute Gasteiger partial charge is 0.340 e. The molecule has 6 heteroatoms. The number of nitrogens with zero attached hydrogens (tertiary/aromatic N) is 4. The Morgan fingerprint density at radius 2 is 1.81 bits per heavy atom. The average Bonchev–Trinajstić information content (AvgIpc) is 3.25. The number of H-pyrrole nitrogens is 1. The number of aromatic amines is 1. The molecule has 3 aromatic heterocycles. The lowest BCUT2D eigenvalue weighted by molar-refractivity contribution is 0.944. The molecule has 0 radical (unpaired) electrons. The predicted molar refractivity (Wildman–Crippen MR) is 108 cm³/mol. The smallest absolute Gasteiger partial charge is 0.145 e. The normalized spacial score (nSPS) is 11.3. The first-order valence-electron chi connectivity index (χ1n) is 8.78. The number of benzene rings is 2. The molecule has 0 fully saturated rings. The Labute approximate surface area is 155 Å². The topological polar surface area (TPSA) is 71.4 Å². The highest BCUT2D eigenvalue weighted by molar-refractivity contribution is 6.01. The molecule has 2 N–H and O–H groups in total. The monoisotopic (exact) mass is 354 g/mol. The van der Waals surface area contributed by atoms with Crippen molar-refractivity contribution in [3.63, 3.8) is 0 Å². The van der Waals surface area contributed by atoms with Crippen LogP contribution in [-0.2, 0) is 7.05 Å². The average molecular weight is 354 g/mol. The van der Waals surface area contributed by atoms with Gasteiger partial charge in [-0.05, 0) is 31.2 Å². The van der Waals surface area contributed by atoms with E-state index >= 15 is 0 Å². The molecule has 3 heterocycles. The van der Waals surface area contributed by atoms with Crippen LogP contribution >= 0.6 is 0 Å². The molecular weight excluding hydrogens is 336 g/mol. The Balaban J connectivity index is 1.69. The standard InChI is InChI=1S/C21H18N6/c1-13-7-9-14(10-8-13)24-20-18-15(11-27(2)21(18)23-12-22-20)19-25-16-5-3-4-6-17(16)26-19/h3-12H,1-2H3,(H,25,26)(H,22,23,24). The zero-order chi connectivity index (χ0) is 18.4. The second kappa shape index (κ2) is 5.95. The summed E-state index contributed by atoms with van der Waals surface area (Å²) in [5.41, 5.74) is 5.98. The molecule has 0 aliphatic rings. The molecule has 0 spiro atoms. The third-order valence-corrected chi connectivity index (χ3v) is 4.71. The zero-order valence-electron chi connectivity index (χ0n) is 15.1. The molecule has 27 heavy (non-hydrogen) atoms. The van der Waals surface area contributed by atoms with E-state index in [9.17, 15) is 0 Å². The van der Waals surface area contributed by atoms with Crippen LogP contribution in [0.2, 0.25) is 0 Å². The summed E-state index contributed by atoms with van der Waals surface area (Å²) in [5.74, 6) is 1.57. The lowest BCUT2D eigenvalue weighted by atomic mass is 10.2. The molecule has 0 aliphatic heterocycles. The Bertz CT molecular complexity index is 1230. The second-order valence-electron chi connectivity index (χ2n) is 6.67. The molecular formula is C21H18N6. The van der Waals surface area contributed by atoms with Crippen LogP contribution in [0.5, 0.6) is 0 Å². The molecule has 5 aromatic rings. The van der Waals surface area contributed by atoms with Gasteiger partial charge in [0.25, 0.3) is 0 Å². The van der Waals surface area contributed by atoms with Crippen molar-refractivity contribution < 1.29 is 0 Å². The maximum absolute atomic E-state index is 4.75. The van der Waals surface area contributed by atoms with E-state index in [1.165, 1.54) is 5.56 Å². The van der Waals surface area contributed by atoms with Crippen LogP contribution in [0.3, 0.4) is 0 Å². The summed E-state index contributed by atoms with van der Waals surface area (Å²) >= 11 is 0. The van der Waals surface area contributed by atoms with Gasteiger partial charge in [0, 0.05) is 24.5 Å². The van der Waals surface area contributed by atoms with Gasteiger partial charge in [-0.15, -0.1) is 0 Å². The third-order valence-electron chi connectivity index (χ3n) is 4.71. The minimum Gasteiger partial charge on any atom is -0.340 e. The number of imidazole rings is 1. The number of anilines is 2. The van der Waals surface area contributed by atoms with Crippen molar-refractivity contribution >= 4 is 33.6 Å². The van der Waals surface area contributed by atoms with E-state index in [2.05, 4.69) is 39.3 Å². The first-order valence-corrected chi connectivity index (χ1v) is 8.78. The van der Waals surface area contributed by atoms with Gasteiger partial charge in [0.2, 0.25) is 0 Å². The van der Waals surface area contributed by atoms with Crippen LogP contribution in [0, 0.1) is 6.92 Å². The lowest BCUT2D eigenvalue weighted by Gasteiger charge is -2.08. The first-order chi connectivity index (χ1) is 13.2. The minimum atomic E-state index is 0.764. The number of hydrogen-bond acceptors (Lipinski definition) is 4. The van der Waals surface area contributed by atoms with Gasteiger partial charge in [0.05, 0.1) is 16.4 Å². The summed E-state index contributed by atoms with van der Waals surface area (Å²) in [7, 11) is 1.98. The van der Waals surface area contributed by atoms with E-state index in [-0.39, 0.29) is 0 Å². The summed E-state index contributed by atoms with van der Waals surface area (Å²) in [5, 5.41) is 4.37. The fraction of sp³-hybridized carbons (Fsp3) is 0.0952. The SMILES string of the molecule is Cc1ccc(Nc2ncnc3c2c(-c2nc4ccccc4[nH]2)cn3C)cc1. The van der Waals surface area contributed by atoms with Crippen LogP contribution < -0.4 is 5.32 Å². The van der Waals surface area contributed by atoms with Gasteiger partial charge in [-0.25, -0.2) is 15.0 Å². The van der Waals surface area contributed by atoms with Crippen LogP contribution in [0.4, 0.5) is 11.5 Å². The summed E-state index contributed by atoms with van der Waals surface area (Å²) < 4.78 is 2.00. The quantitative estimate of drug-likeness (QED) is 0.498. The van der Waals surface area contributed by atoms with Crippen molar-refractivity contribution in [2.24, 2.45) is 7.05 Å². The van der Waals surface area contributed by atoms with Crippen LogP contribution in [0.15, 0.2) is 61.1 Å². The maximum Gasteiger partial charge on any atom is 0.145 e. The molecule has 0 aliphatic carbocycles. The van der Waals surface area contributed by atoms with Gasteiger partial charge in [-0.3, -0.25) is 0 Å². The molecule has 2 aromatic carbocycles. The van der Waals surface area contributed by atoms with Crippen LogP contribution in [0.1, 0.15) is 5.56 Å². The third kappa shape index (κ3) is 2.62. The van der Waals surface area contributed by atoms with Gasteiger partial charge in [-0.1, -0.05) is 29.8 Å². The molecule has 5 rings (SSSR count). The van der Waals surface area contributed by atoms with Crippen molar-refractivity contribution in [2.75, 3.05) is 5.32 Å². The van der Waals surface area contributed by atoms with E-state index in [1.807, 2.05) is 54.2 Å². The van der Waals surface area contributed by atoms with Crippen molar-refractivity contribution in [1.82, 2.24) is 24.5 Å². The Morgan fingerprint density at radius 3 is 2.63 bits per heavy atom. The number of hydrogen-bond donors (Lipinski definition) is 2. The number of aryl methyl sites for hydroxylation is 2. The van der Waals surface area contributed by atoms with Crippen molar-refractivity contribution in [2.45, 2.75) is 6.92 Å². The number of fused-ring (bicyclic) bond motifs is 2. The molecule has 0 unspecified atom stereocenters. The van der Waals surface area contributed by atoms with Crippen LogP contribution in [-0.4, -0.2) is 24.5 Å². The minimum absolute atomic E-state index is 0.764. The van der Waals surface area contributed by atoms with E-state index in [1.54, 1.807) is 6.33 Å². The highest BCUT2D eigenvalue weighted by atomic mass is 15.1. The van der Waals surface area contributed by atoms with Crippen molar-refractivity contribution in [3.8, 4) is 11.4 Å². The van der Waals surface area contributed by atoms with E-state index in [0.717, 1.165) is 45.0 Å². The van der Waals surface area contributed by atoms with Crippen LogP contribution in [0.25, 0.3) is 33.5 Å². The molecule has 132 valence electrons. The van der Waals surface area contributed by atoms with Gasteiger partial charge >= 0.3 is 0 Å². The summed E-state index contributed by atoms with van der Waals surface area (Å²) in [6.45, 7) is 2.07. The fourth-order valence-corrected chi connectivity index (χ4v) is 3.34. The van der Waals surface area contributed by atoms with Crippen molar-refractivity contribution in [3.05, 3.63) is 66.6 Å². The number of rotatable bonds is 3. The summed E-state index contributed by atoms with van der Waals surface area (Å²) in [6, 6.07) is 16.3. The Kier molecular flexibility index (Phi) is 3.43. The van der Waals surface area contributed by atoms with E-state index in [0.29, 0.717) is 0 Å². The number of aromatic nitrogens is 5. The lowest BCUT2D eigenvalue weighted by Crippen LogP contribution is -1.97. The Morgan fingerprint density at radius 1 is 1.00 bits per heavy atom. The van der Waals surface area contributed by atoms with Gasteiger partial charge in [0.15, 0.2) is 0 Å². The molecule has 6 nitrogen and oxygen atoms in total. The second-order valence-corrected chi connectivity index (χ2v) is 6.67. The molecule has 0 amide bonds.